The molecule has 0 aromatic heterocycles. The number of rotatable bonds is 43. The molecule has 0 saturated carbocycles. The van der Waals surface area contributed by atoms with E-state index in [1.54, 1.807) is 6.08 Å². The number of unbranched alkanes of at least 4 members (excludes halogenated alkanes) is 32. The van der Waals surface area contributed by atoms with Crippen molar-refractivity contribution in [3.8, 4) is 0 Å². The summed E-state index contributed by atoms with van der Waals surface area (Å²) in [5, 5.41) is 22.9. The molecule has 0 aromatic rings. The molecular formula is C49H93NO3. The molecule has 0 saturated heterocycles. The molecule has 0 bridgehead atoms. The largest absolute Gasteiger partial charge is 0.394 e. The van der Waals surface area contributed by atoms with Gasteiger partial charge in [-0.1, -0.05) is 230 Å². The zero-order chi connectivity index (χ0) is 38.6. The molecule has 0 radical (unpaired) electrons. The van der Waals surface area contributed by atoms with Crippen molar-refractivity contribution < 1.29 is 15.0 Å². The van der Waals surface area contributed by atoms with E-state index in [-0.39, 0.29) is 12.5 Å². The van der Waals surface area contributed by atoms with E-state index >= 15 is 0 Å². The van der Waals surface area contributed by atoms with Gasteiger partial charge in [-0.05, 0) is 51.4 Å². The van der Waals surface area contributed by atoms with Crippen molar-refractivity contribution in [2.75, 3.05) is 6.61 Å². The lowest BCUT2D eigenvalue weighted by Gasteiger charge is -2.20. The molecule has 0 aliphatic rings. The molecule has 0 rings (SSSR count). The highest BCUT2D eigenvalue weighted by Crippen LogP contribution is 2.15. The van der Waals surface area contributed by atoms with Gasteiger partial charge in [0.15, 0.2) is 0 Å². The molecule has 0 heterocycles. The number of aliphatic hydroxyl groups is 2. The maximum atomic E-state index is 12.4. The second-order valence-electron chi connectivity index (χ2n) is 16.2. The minimum Gasteiger partial charge on any atom is -0.394 e. The highest BCUT2D eigenvalue weighted by Gasteiger charge is 2.17. The van der Waals surface area contributed by atoms with Crippen molar-refractivity contribution in [3.05, 3.63) is 36.5 Å². The predicted octanol–water partition coefficient (Wildman–Crippen LogP) is 15.0. The number of aliphatic hydroxyl groups excluding tert-OH is 2. The molecule has 0 aliphatic carbocycles. The molecule has 312 valence electrons. The lowest BCUT2D eigenvalue weighted by atomic mass is 10.0. The predicted molar refractivity (Wildman–Crippen MR) is 235 cm³/mol. The fourth-order valence-electron chi connectivity index (χ4n) is 7.21. The topological polar surface area (TPSA) is 69.6 Å². The summed E-state index contributed by atoms with van der Waals surface area (Å²) in [4.78, 5) is 12.4. The van der Waals surface area contributed by atoms with Crippen molar-refractivity contribution in [2.45, 2.75) is 264 Å². The quantitative estimate of drug-likeness (QED) is 0.0430. The smallest absolute Gasteiger partial charge is 0.220 e. The first kappa shape index (κ1) is 51.6. The van der Waals surface area contributed by atoms with Gasteiger partial charge < -0.3 is 15.5 Å². The van der Waals surface area contributed by atoms with Crippen LogP contribution in [0, 0.1) is 0 Å². The Hall–Kier alpha value is -1.39. The lowest BCUT2D eigenvalue weighted by Crippen LogP contribution is -2.45. The van der Waals surface area contributed by atoms with Crippen molar-refractivity contribution in [1.29, 1.82) is 0 Å². The van der Waals surface area contributed by atoms with Crippen LogP contribution in [-0.2, 0) is 4.79 Å². The van der Waals surface area contributed by atoms with Crippen LogP contribution in [-0.4, -0.2) is 34.9 Å². The molecular weight excluding hydrogens is 651 g/mol. The van der Waals surface area contributed by atoms with Gasteiger partial charge in [0.1, 0.15) is 0 Å². The van der Waals surface area contributed by atoms with Crippen LogP contribution in [0.4, 0.5) is 0 Å². The van der Waals surface area contributed by atoms with Gasteiger partial charge in [0.05, 0.1) is 18.8 Å². The molecule has 4 nitrogen and oxygen atoms in total. The van der Waals surface area contributed by atoms with Gasteiger partial charge in [0.25, 0.3) is 0 Å². The fraction of sp³-hybridized carbons (Fsp3) is 0.857. The number of hydrogen-bond donors (Lipinski definition) is 3. The Labute approximate surface area is 331 Å². The molecule has 4 heteroatoms. The summed E-state index contributed by atoms with van der Waals surface area (Å²) >= 11 is 0. The highest BCUT2D eigenvalue weighted by molar-refractivity contribution is 5.76. The summed E-state index contributed by atoms with van der Waals surface area (Å²) in [6, 6.07) is -0.619. The van der Waals surface area contributed by atoms with Crippen LogP contribution < -0.4 is 5.32 Å². The van der Waals surface area contributed by atoms with E-state index in [0.29, 0.717) is 6.42 Å². The number of allylic oxidation sites excluding steroid dienone is 5. The van der Waals surface area contributed by atoms with Crippen LogP contribution >= 0.6 is 0 Å². The summed E-state index contributed by atoms with van der Waals surface area (Å²) in [5.74, 6) is -0.0648. The van der Waals surface area contributed by atoms with Gasteiger partial charge in [-0.25, -0.2) is 0 Å². The molecule has 1 amide bonds. The van der Waals surface area contributed by atoms with E-state index in [9.17, 15) is 15.0 Å². The van der Waals surface area contributed by atoms with E-state index in [1.165, 1.54) is 199 Å². The van der Waals surface area contributed by atoms with Crippen LogP contribution in [0.15, 0.2) is 36.5 Å². The van der Waals surface area contributed by atoms with Gasteiger partial charge >= 0.3 is 0 Å². The summed E-state index contributed by atoms with van der Waals surface area (Å²) in [5.41, 5.74) is 0. The Balaban J connectivity index is 3.45. The number of nitrogens with one attached hydrogen (secondary N) is 1. The third-order valence-corrected chi connectivity index (χ3v) is 10.9. The molecule has 0 aromatic carbocycles. The van der Waals surface area contributed by atoms with E-state index in [4.69, 9.17) is 0 Å². The zero-order valence-electron chi connectivity index (χ0n) is 35.8. The van der Waals surface area contributed by atoms with E-state index in [2.05, 4.69) is 43.5 Å². The monoisotopic (exact) mass is 744 g/mol. The Morgan fingerprint density at radius 2 is 0.774 bits per heavy atom. The van der Waals surface area contributed by atoms with Crippen molar-refractivity contribution in [3.63, 3.8) is 0 Å². The van der Waals surface area contributed by atoms with Gasteiger partial charge in [-0.2, -0.15) is 0 Å². The Bertz CT molecular complexity index is 806. The number of hydrogen-bond acceptors (Lipinski definition) is 3. The number of amides is 1. The highest BCUT2D eigenvalue weighted by atomic mass is 16.3. The maximum Gasteiger partial charge on any atom is 0.220 e. The van der Waals surface area contributed by atoms with Crippen molar-refractivity contribution in [1.82, 2.24) is 5.32 Å². The average molecular weight is 744 g/mol. The summed E-state index contributed by atoms with van der Waals surface area (Å²) in [6.45, 7) is 4.29. The molecule has 53 heavy (non-hydrogen) atoms. The van der Waals surface area contributed by atoms with E-state index < -0.39 is 12.1 Å². The van der Waals surface area contributed by atoms with Gasteiger partial charge in [-0.3, -0.25) is 4.79 Å². The first-order valence-corrected chi connectivity index (χ1v) is 23.7. The molecule has 2 atom stereocenters. The first-order valence-electron chi connectivity index (χ1n) is 23.7. The van der Waals surface area contributed by atoms with Crippen molar-refractivity contribution in [2.24, 2.45) is 0 Å². The molecule has 0 spiro atoms. The Morgan fingerprint density at radius 3 is 1.13 bits per heavy atom. The number of carbonyl (C=O) groups excluding carboxylic acids is 1. The summed E-state index contributed by atoms with van der Waals surface area (Å²) in [6.07, 6.45) is 59.9. The molecule has 0 aliphatic heterocycles. The third kappa shape index (κ3) is 41.6. The van der Waals surface area contributed by atoms with Gasteiger partial charge in [0, 0.05) is 6.42 Å². The minimum atomic E-state index is -0.836. The van der Waals surface area contributed by atoms with Crippen LogP contribution in [0.2, 0.25) is 0 Å². The van der Waals surface area contributed by atoms with E-state index in [0.717, 1.165) is 32.1 Å². The van der Waals surface area contributed by atoms with Crippen LogP contribution in [0.5, 0.6) is 0 Å². The maximum absolute atomic E-state index is 12.4. The first-order chi connectivity index (χ1) is 26.2. The molecule has 2 unspecified atom stereocenters. The summed E-state index contributed by atoms with van der Waals surface area (Å²) in [7, 11) is 0. The van der Waals surface area contributed by atoms with Crippen LogP contribution in [0.25, 0.3) is 0 Å². The van der Waals surface area contributed by atoms with Crippen molar-refractivity contribution >= 4 is 5.91 Å². The van der Waals surface area contributed by atoms with E-state index in [1.807, 2.05) is 6.08 Å². The second kappa shape index (κ2) is 45.0. The molecule has 0 fully saturated rings. The third-order valence-electron chi connectivity index (χ3n) is 10.9. The minimum absolute atomic E-state index is 0.0648. The average Bonchev–Trinajstić information content (AvgIpc) is 3.16. The fourth-order valence-corrected chi connectivity index (χ4v) is 7.21. The lowest BCUT2D eigenvalue weighted by molar-refractivity contribution is -0.123. The normalized spacial score (nSPS) is 13.2. The van der Waals surface area contributed by atoms with Gasteiger partial charge in [0.2, 0.25) is 5.91 Å². The summed E-state index contributed by atoms with van der Waals surface area (Å²) < 4.78 is 0. The Kier molecular flexibility index (Phi) is 43.8. The number of carbonyl (C=O) groups is 1. The van der Waals surface area contributed by atoms with Crippen LogP contribution in [0.1, 0.15) is 251 Å². The van der Waals surface area contributed by atoms with Crippen LogP contribution in [0.3, 0.4) is 0 Å². The Morgan fingerprint density at radius 1 is 0.453 bits per heavy atom. The second-order valence-corrected chi connectivity index (χ2v) is 16.2. The zero-order valence-corrected chi connectivity index (χ0v) is 35.8. The standard InChI is InChI=1S/C49H93NO3/c1-3-5-7-9-11-13-15-16-17-18-19-20-21-22-23-24-25-26-27-28-29-30-31-32-33-34-35-37-39-41-43-45-49(53)50-47(46-51)48(52)44-42-40-38-36-14-12-10-8-6-4-2/h19-20,22-23,42,44,47-48,51-52H,3-18,21,24-41,43,45-46H2,1-2H3,(H,50,53)/b20-19-,23-22-,44-42+. The molecule has 3 N–H and O–H groups in total. The SMILES string of the molecule is CCCCCCCCCC/C=C/C(O)C(CO)NC(=O)CCCCCCCCCCCCCCCCC/C=C\C/C=C\CCCCCCCCCCC. The van der Waals surface area contributed by atoms with Gasteiger partial charge in [-0.15, -0.1) is 0 Å².